The van der Waals surface area contributed by atoms with Gasteiger partial charge in [-0.3, -0.25) is 14.9 Å². The van der Waals surface area contributed by atoms with Gasteiger partial charge < -0.3 is 11.1 Å². The Kier molecular flexibility index (Phi) is 4.86. The number of carbonyl (C=O) groups is 2. The van der Waals surface area contributed by atoms with Crippen LogP contribution in [0.3, 0.4) is 0 Å². The number of thiophene rings is 1. The lowest BCUT2D eigenvalue weighted by Gasteiger charge is -2.25. The highest BCUT2D eigenvalue weighted by Crippen LogP contribution is 2.23. The van der Waals surface area contributed by atoms with Gasteiger partial charge in [-0.1, -0.05) is 6.92 Å². The zero-order valence-electron chi connectivity index (χ0n) is 10.9. The number of hydrogen-bond donors (Lipinski definition) is 3. The Morgan fingerprint density at radius 1 is 1.50 bits per heavy atom. The molecule has 1 aromatic rings. The van der Waals surface area contributed by atoms with Gasteiger partial charge in [0, 0.05) is 18.3 Å². The average Bonchev–Trinajstić information content (AvgIpc) is 2.72. The molecule has 18 heavy (non-hydrogen) atoms. The normalized spacial score (nSPS) is 13.9. The van der Waals surface area contributed by atoms with E-state index in [1.165, 1.54) is 18.3 Å². The van der Waals surface area contributed by atoms with Crippen molar-refractivity contribution in [3.63, 3.8) is 0 Å². The summed E-state index contributed by atoms with van der Waals surface area (Å²) < 4.78 is 0. The predicted octanol–water partition coefficient (Wildman–Crippen LogP) is 1.45. The minimum absolute atomic E-state index is 0.109. The molecule has 1 aromatic heterocycles. The van der Waals surface area contributed by atoms with Crippen molar-refractivity contribution in [2.45, 2.75) is 39.3 Å². The minimum Gasteiger partial charge on any atom is -0.368 e. The quantitative estimate of drug-likeness (QED) is 0.731. The van der Waals surface area contributed by atoms with Crippen LogP contribution in [-0.2, 0) is 16.1 Å². The molecule has 1 unspecified atom stereocenters. The highest BCUT2D eigenvalue weighted by molar-refractivity contribution is 7.10. The van der Waals surface area contributed by atoms with E-state index >= 15 is 0 Å². The molecule has 0 fully saturated rings. The van der Waals surface area contributed by atoms with Gasteiger partial charge in [-0.25, -0.2) is 0 Å². The molecule has 6 heteroatoms. The second-order valence-electron chi connectivity index (χ2n) is 4.34. The van der Waals surface area contributed by atoms with Crippen LogP contribution in [0.1, 0.15) is 32.1 Å². The number of hydrogen-bond acceptors (Lipinski definition) is 4. The molecule has 0 aliphatic heterocycles. The van der Waals surface area contributed by atoms with Gasteiger partial charge in [0.25, 0.3) is 0 Å². The van der Waals surface area contributed by atoms with Gasteiger partial charge in [-0.2, -0.15) is 0 Å². The van der Waals surface area contributed by atoms with Crippen LogP contribution in [0.5, 0.6) is 0 Å². The first-order chi connectivity index (χ1) is 8.39. The van der Waals surface area contributed by atoms with E-state index in [1.807, 2.05) is 18.4 Å². The topological polar surface area (TPSA) is 84.2 Å². The first-order valence-corrected chi connectivity index (χ1v) is 6.66. The smallest absolute Gasteiger partial charge is 0.237 e. The third kappa shape index (κ3) is 3.54. The van der Waals surface area contributed by atoms with Gasteiger partial charge >= 0.3 is 0 Å². The van der Waals surface area contributed by atoms with E-state index in [2.05, 4.69) is 10.6 Å². The molecule has 0 aromatic carbocycles. The van der Waals surface area contributed by atoms with Crippen molar-refractivity contribution in [2.24, 2.45) is 5.73 Å². The van der Waals surface area contributed by atoms with Gasteiger partial charge in [-0.05, 0) is 24.8 Å². The van der Waals surface area contributed by atoms with Gasteiger partial charge in [-0.15, -0.1) is 11.3 Å². The van der Waals surface area contributed by atoms with E-state index in [9.17, 15) is 9.59 Å². The van der Waals surface area contributed by atoms with Crippen LogP contribution in [0.25, 0.3) is 0 Å². The summed E-state index contributed by atoms with van der Waals surface area (Å²) >= 11 is 1.53. The molecule has 0 aliphatic carbocycles. The molecule has 1 atom stereocenters. The van der Waals surface area contributed by atoms with Crippen LogP contribution in [0.15, 0.2) is 11.4 Å². The standard InChI is InChI=1S/C12H19N3O2S/c1-4-12(3,11(13)17)14-7-10-9(5-6-18-10)15-8(2)16/h5-6,14H,4,7H2,1-3H3,(H2,13,17)(H,15,16). The first kappa shape index (κ1) is 14.7. The molecule has 1 rings (SSSR count). The van der Waals surface area contributed by atoms with Crippen LogP contribution in [0, 0.1) is 0 Å². The van der Waals surface area contributed by atoms with Crippen molar-refractivity contribution in [1.82, 2.24) is 5.32 Å². The Labute approximate surface area is 111 Å². The van der Waals surface area contributed by atoms with Crippen molar-refractivity contribution in [2.75, 3.05) is 5.32 Å². The minimum atomic E-state index is -0.725. The number of nitrogens with one attached hydrogen (secondary N) is 2. The van der Waals surface area contributed by atoms with Crippen LogP contribution in [0.2, 0.25) is 0 Å². The third-order valence-electron chi connectivity index (χ3n) is 2.95. The zero-order valence-corrected chi connectivity index (χ0v) is 11.7. The zero-order chi connectivity index (χ0) is 13.8. The summed E-state index contributed by atoms with van der Waals surface area (Å²) in [5, 5.41) is 7.80. The lowest BCUT2D eigenvalue weighted by Crippen LogP contribution is -2.52. The molecule has 2 amide bonds. The predicted molar refractivity (Wildman–Crippen MR) is 73.4 cm³/mol. The Balaban J connectivity index is 2.71. The fourth-order valence-corrected chi connectivity index (χ4v) is 2.21. The largest absolute Gasteiger partial charge is 0.368 e. The molecule has 0 bridgehead atoms. The molecule has 4 N–H and O–H groups in total. The third-order valence-corrected chi connectivity index (χ3v) is 3.87. The lowest BCUT2D eigenvalue weighted by molar-refractivity contribution is -0.124. The van der Waals surface area contributed by atoms with E-state index in [0.717, 1.165) is 10.6 Å². The Bertz CT molecular complexity index is 444. The van der Waals surface area contributed by atoms with Crippen molar-refractivity contribution >= 4 is 28.8 Å². The molecule has 0 spiro atoms. The number of nitrogens with two attached hydrogens (primary N) is 1. The monoisotopic (exact) mass is 269 g/mol. The Morgan fingerprint density at radius 2 is 2.17 bits per heavy atom. The van der Waals surface area contributed by atoms with Crippen molar-refractivity contribution in [3.8, 4) is 0 Å². The van der Waals surface area contributed by atoms with E-state index in [0.29, 0.717) is 13.0 Å². The SMILES string of the molecule is CCC(C)(NCc1sccc1NC(C)=O)C(N)=O. The van der Waals surface area contributed by atoms with Crippen LogP contribution in [0.4, 0.5) is 5.69 Å². The fourth-order valence-electron chi connectivity index (χ4n) is 1.44. The maximum Gasteiger partial charge on any atom is 0.237 e. The van der Waals surface area contributed by atoms with E-state index in [4.69, 9.17) is 5.73 Å². The summed E-state index contributed by atoms with van der Waals surface area (Å²) in [5.74, 6) is -0.481. The Morgan fingerprint density at radius 3 is 2.67 bits per heavy atom. The van der Waals surface area contributed by atoms with Gasteiger partial charge in [0.2, 0.25) is 11.8 Å². The number of amides is 2. The molecule has 0 saturated heterocycles. The molecule has 1 heterocycles. The summed E-state index contributed by atoms with van der Waals surface area (Å²) in [7, 11) is 0. The average molecular weight is 269 g/mol. The van der Waals surface area contributed by atoms with Crippen LogP contribution < -0.4 is 16.4 Å². The van der Waals surface area contributed by atoms with Gasteiger partial charge in [0.05, 0.1) is 11.2 Å². The Hall–Kier alpha value is -1.40. The molecule has 100 valence electrons. The van der Waals surface area contributed by atoms with E-state index in [-0.39, 0.29) is 11.8 Å². The highest BCUT2D eigenvalue weighted by Gasteiger charge is 2.28. The maximum atomic E-state index is 11.4. The second-order valence-corrected chi connectivity index (χ2v) is 5.34. The molecular formula is C12H19N3O2S. The van der Waals surface area contributed by atoms with E-state index < -0.39 is 5.54 Å². The number of carbonyl (C=O) groups excluding carboxylic acids is 2. The summed E-state index contributed by atoms with van der Waals surface area (Å²) in [5.41, 5.74) is 5.43. The number of rotatable bonds is 6. The van der Waals surface area contributed by atoms with Crippen molar-refractivity contribution in [3.05, 3.63) is 16.3 Å². The van der Waals surface area contributed by atoms with Crippen molar-refractivity contribution < 1.29 is 9.59 Å². The molecule has 0 aliphatic rings. The molecule has 0 saturated carbocycles. The number of primary amides is 1. The molecule has 0 radical (unpaired) electrons. The maximum absolute atomic E-state index is 11.4. The highest BCUT2D eigenvalue weighted by atomic mass is 32.1. The van der Waals surface area contributed by atoms with Crippen molar-refractivity contribution in [1.29, 1.82) is 0 Å². The first-order valence-electron chi connectivity index (χ1n) is 5.78. The van der Waals surface area contributed by atoms with Gasteiger partial charge in [0.15, 0.2) is 0 Å². The van der Waals surface area contributed by atoms with E-state index in [1.54, 1.807) is 6.92 Å². The molecular weight excluding hydrogens is 250 g/mol. The van der Waals surface area contributed by atoms with Gasteiger partial charge in [0.1, 0.15) is 0 Å². The number of anilines is 1. The summed E-state index contributed by atoms with van der Waals surface area (Å²) in [6.07, 6.45) is 0.614. The van der Waals surface area contributed by atoms with Crippen LogP contribution in [-0.4, -0.2) is 17.4 Å². The van der Waals surface area contributed by atoms with Crippen LogP contribution >= 0.6 is 11.3 Å². The summed E-state index contributed by atoms with van der Waals surface area (Å²) in [6.45, 7) is 5.65. The fraction of sp³-hybridized carbons (Fsp3) is 0.500. The summed E-state index contributed by atoms with van der Waals surface area (Å²) in [4.78, 5) is 23.4. The second kappa shape index (κ2) is 5.97. The molecule has 5 nitrogen and oxygen atoms in total. The summed E-state index contributed by atoms with van der Waals surface area (Å²) in [6, 6.07) is 1.84. The lowest BCUT2D eigenvalue weighted by atomic mass is 9.98.